The Balaban J connectivity index is 0.000000686. The van der Waals surface area contributed by atoms with Crippen molar-refractivity contribution in [3.05, 3.63) is 35.6 Å². The van der Waals surface area contributed by atoms with Crippen molar-refractivity contribution in [3.8, 4) is 0 Å². The summed E-state index contributed by atoms with van der Waals surface area (Å²) in [6.45, 7) is 0. The zero-order valence-electron chi connectivity index (χ0n) is 9.69. The highest BCUT2D eigenvalue weighted by molar-refractivity contribution is 5.90. The molecule has 1 aromatic carbocycles. The lowest BCUT2D eigenvalue weighted by Crippen LogP contribution is -2.25. The molecule has 1 saturated heterocycles. The van der Waals surface area contributed by atoms with E-state index < -0.39 is 0 Å². The first-order valence-electron chi connectivity index (χ1n) is 5.36. The summed E-state index contributed by atoms with van der Waals surface area (Å²) in [7, 11) is 1.50. The number of nitrogens with zero attached hydrogens (tertiary/aromatic N) is 1. The summed E-state index contributed by atoms with van der Waals surface area (Å²) in [5, 5.41) is 7.55. The van der Waals surface area contributed by atoms with Crippen LogP contribution in [0.15, 0.2) is 24.3 Å². The van der Waals surface area contributed by atoms with Gasteiger partial charge in [-0.25, -0.2) is 4.39 Å². The number of likely N-dealkylation sites (tertiary alicyclic amines) is 1. The molecule has 1 aromatic rings. The number of nitrogens with two attached hydrogens (primary N) is 1. The molecule has 17 heavy (non-hydrogen) atoms. The predicted octanol–water partition coefficient (Wildman–Crippen LogP) is 1.67. The molecule has 92 valence electrons. The third kappa shape index (κ3) is 2.88. The van der Waals surface area contributed by atoms with Crippen LogP contribution in [0.4, 0.5) is 4.39 Å². The summed E-state index contributed by atoms with van der Waals surface area (Å²) in [6.07, 6.45) is 2.01. The van der Waals surface area contributed by atoms with Crippen molar-refractivity contribution in [2.24, 2.45) is 5.73 Å². The van der Waals surface area contributed by atoms with Crippen molar-refractivity contribution in [2.45, 2.75) is 18.9 Å². The van der Waals surface area contributed by atoms with Crippen LogP contribution in [-0.4, -0.2) is 24.2 Å². The lowest BCUT2D eigenvalue weighted by atomic mass is 10.1. The van der Waals surface area contributed by atoms with E-state index in [0.717, 1.165) is 12.0 Å². The molecular weight excluding hydrogens is 221 g/mol. The monoisotopic (exact) mass is 237 g/mol. The molecule has 5 heteroatoms. The zero-order valence-corrected chi connectivity index (χ0v) is 9.69. The number of halogens is 1. The molecule has 0 spiro atoms. The topological polar surface area (TPSA) is 70.2 Å². The van der Waals surface area contributed by atoms with Gasteiger partial charge in [0.25, 0.3) is 0 Å². The minimum Gasteiger partial charge on any atom is -0.333 e. The summed E-state index contributed by atoms with van der Waals surface area (Å²) in [5.41, 5.74) is 5.38. The zero-order chi connectivity index (χ0) is 12.8. The summed E-state index contributed by atoms with van der Waals surface area (Å²) in [5.74, 6) is 0.0452. The molecule has 1 amide bonds. The van der Waals surface area contributed by atoms with Gasteiger partial charge in [0.1, 0.15) is 11.7 Å². The smallest absolute Gasteiger partial charge is 0.215 e. The molecule has 3 N–H and O–H groups in total. The number of carbonyl (C=O) groups excluding carboxylic acids is 1. The highest BCUT2D eigenvalue weighted by Crippen LogP contribution is 2.31. The molecule has 1 atom stereocenters. The molecule has 1 aliphatic rings. The van der Waals surface area contributed by atoms with E-state index in [9.17, 15) is 9.18 Å². The molecule has 1 fully saturated rings. The first kappa shape index (κ1) is 13.3. The lowest BCUT2D eigenvalue weighted by molar-refractivity contribution is -0.115. The number of hydrogen-bond donors (Lipinski definition) is 2. The first-order chi connectivity index (χ1) is 8.22. The maximum atomic E-state index is 12.7. The minimum atomic E-state index is -0.288. The molecule has 1 heterocycles. The second kappa shape index (κ2) is 6.10. The van der Waals surface area contributed by atoms with E-state index >= 15 is 0 Å². The van der Waals surface area contributed by atoms with Gasteiger partial charge in [-0.1, -0.05) is 12.1 Å². The Bertz CT molecular complexity index is 391. The maximum absolute atomic E-state index is 12.7. The van der Waals surface area contributed by atoms with Gasteiger partial charge in [0, 0.05) is 6.42 Å². The number of benzene rings is 1. The van der Waals surface area contributed by atoms with E-state index in [1.165, 1.54) is 24.1 Å². The van der Waals surface area contributed by atoms with Gasteiger partial charge in [-0.15, -0.1) is 0 Å². The lowest BCUT2D eigenvalue weighted by Gasteiger charge is -2.19. The fourth-order valence-corrected chi connectivity index (χ4v) is 1.88. The number of hydrogen-bond acceptors (Lipinski definition) is 3. The summed E-state index contributed by atoms with van der Waals surface area (Å²) in [6, 6.07) is 5.97. The van der Waals surface area contributed by atoms with Crippen molar-refractivity contribution in [1.82, 2.24) is 4.90 Å². The SMILES string of the molecule is CN.N=C1CCC(c2ccc(F)cc2)N1C=O. The molecule has 1 aliphatic heterocycles. The van der Waals surface area contributed by atoms with Gasteiger partial charge in [0.15, 0.2) is 0 Å². The fraction of sp³-hybridized carbons (Fsp3) is 0.333. The molecule has 2 rings (SSSR count). The molecule has 4 nitrogen and oxygen atoms in total. The van der Waals surface area contributed by atoms with Crippen LogP contribution < -0.4 is 5.73 Å². The molecule has 0 aromatic heterocycles. The molecule has 0 saturated carbocycles. The second-order valence-corrected chi connectivity index (χ2v) is 3.57. The van der Waals surface area contributed by atoms with Crippen LogP contribution in [0.25, 0.3) is 0 Å². The fourth-order valence-electron chi connectivity index (χ4n) is 1.88. The van der Waals surface area contributed by atoms with Gasteiger partial charge in [0.05, 0.1) is 6.04 Å². The third-order valence-electron chi connectivity index (χ3n) is 2.67. The second-order valence-electron chi connectivity index (χ2n) is 3.57. The van der Waals surface area contributed by atoms with Gasteiger partial charge < -0.3 is 5.73 Å². The van der Waals surface area contributed by atoms with E-state index in [1.54, 1.807) is 12.1 Å². The number of carbonyl (C=O) groups is 1. The van der Waals surface area contributed by atoms with Gasteiger partial charge in [0.2, 0.25) is 6.41 Å². The van der Waals surface area contributed by atoms with E-state index in [4.69, 9.17) is 5.41 Å². The van der Waals surface area contributed by atoms with Crippen LogP contribution >= 0.6 is 0 Å². The highest BCUT2D eigenvalue weighted by Gasteiger charge is 2.28. The largest absolute Gasteiger partial charge is 0.333 e. The van der Waals surface area contributed by atoms with Crippen molar-refractivity contribution >= 4 is 12.2 Å². The first-order valence-corrected chi connectivity index (χ1v) is 5.36. The van der Waals surface area contributed by atoms with Crippen molar-refractivity contribution in [2.75, 3.05) is 7.05 Å². The van der Waals surface area contributed by atoms with Crippen LogP contribution in [0.2, 0.25) is 0 Å². The van der Waals surface area contributed by atoms with Gasteiger partial charge in [-0.2, -0.15) is 0 Å². The quantitative estimate of drug-likeness (QED) is 0.768. The number of nitrogens with one attached hydrogen (secondary N) is 1. The Kier molecular flexibility index (Phi) is 4.78. The van der Waals surface area contributed by atoms with Crippen LogP contribution in [0, 0.1) is 11.2 Å². The average Bonchev–Trinajstić information content (AvgIpc) is 2.74. The minimum absolute atomic E-state index is 0.101. The normalized spacial score (nSPS) is 18.6. The van der Waals surface area contributed by atoms with E-state index in [-0.39, 0.29) is 11.9 Å². The van der Waals surface area contributed by atoms with E-state index in [1.807, 2.05) is 0 Å². The summed E-state index contributed by atoms with van der Waals surface area (Å²) in [4.78, 5) is 12.2. The maximum Gasteiger partial charge on any atom is 0.215 e. The van der Waals surface area contributed by atoms with Crippen LogP contribution in [0.1, 0.15) is 24.4 Å². The third-order valence-corrected chi connectivity index (χ3v) is 2.67. The van der Waals surface area contributed by atoms with Gasteiger partial charge in [-0.05, 0) is 31.2 Å². The number of amidine groups is 1. The van der Waals surface area contributed by atoms with Crippen molar-refractivity contribution < 1.29 is 9.18 Å². The average molecular weight is 237 g/mol. The Morgan fingerprint density at radius 3 is 2.53 bits per heavy atom. The molecule has 0 bridgehead atoms. The van der Waals surface area contributed by atoms with Crippen LogP contribution in [0.3, 0.4) is 0 Å². The Morgan fingerprint density at radius 2 is 2.00 bits per heavy atom. The number of rotatable bonds is 2. The highest BCUT2D eigenvalue weighted by atomic mass is 19.1. The van der Waals surface area contributed by atoms with E-state index in [2.05, 4.69) is 5.73 Å². The number of amides is 1. The van der Waals surface area contributed by atoms with Gasteiger partial charge >= 0.3 is 0 Å². The Labute approximate surface area is 99.7 Å². The van der Waals surface area contributed by atoms with E-state index in [0.29, 0.717) is 18.7 Å². The Hall–Kier alpha value is -1.75. The van der Waals surface area contributed by atoms with Crippen molar-refractivity contribution in [3.63, 3.8) is 0 Å². The standard InChI is InChI=1S/C11H11FN2O.CH5N/c12-9-3-1-8(2-4-9)10-5-6-11(13)14(10)7-15;1-2/h1-4,7,10,13H,5-6H2;2H2,1H3. The van der Waals surface area contributed by atoms with Crippen LogP contribution in [0.5, 0.6) is 0 Å². The van der Waals surface area contributed by atoms with Gasteiger partial charge in [-0.3, -0.25) is 15.1 Å². The van der Waals surface area contributed by atoms with Crippen LogP contribution in [-0.2, 0) is 4.79 Å². The molecule has 0 radical (unpaired) electrons. The molecule has 0 aliphatic carbocycles. The molecule has 1 unspecified atom stereocenters. The Morgan fingerprint density at radius 1 is 1.41 bits per heavy atom. The summed E-state index contributed by atoms with van der Waals surface area (Å²) < 4.78 is 12.7. The summed E-state index contributed by atoms with van der Waals surface area (Å²) >= 11 is 0. The van der Waals surface area contributed by atoms with Crippen molar-refractivity contribution in [1.29, 1.82) is 5.41 Å². The predicted molar refractivity (Wildman–Crippen MR) is 64.1 cm³/mol. The molecular formula is C12H16FN3O.